The Morgan fingerprint density at radius 1 is 0.253 bits per heavy atom. The average Bonchev–Trinajstić information content (AvgIpc) is 3.41. The van der Waals surface area contributed by atoms with Crippen LogP contribution in [0.2, 0.25) is 0 Å². The zero-order chi connectivity index (χ0) is 54.3. The van der Waals surface area contributed by atoms with Crippen molar-refractivity contribution in [2.75, 3.05) is 13.2 Å². The van der Waals surface area contributed by atoms with Crippen molar-refractivity contribution in [3.63, 3.8) is 0 Å². The van der Waals surface area contributed by atoms with Gasteiger partial charge in [0.2, 0.25) is 0 Å². The fourth-order valence-electron chi connectivity index (χ4n) is 10.6. The van der Waals surface area contributed by atoms with E-state index >= 15 is 0 Å². The van der Waals surface area contributed by atoms with E-state index in [-0.39, 0.29) is 31.1 Å². The van der Waals surface area contributed by atoms with E-state index in [9.17, 15) is 14.4 Å². The maximum atomic E-state index is 12.9. The maximum absolute atomic E-state index is 12.9. The fraction of sp³-hybridized carbons (Fsp3) is 0.928. The molecule has 0 aliphatic heterocycles. The van der Waals surface area contributed by atoms with Gasteiger partial charge in [-0.2, -0.15) is 0 Å². The molecule has 6 heteroatoms. The second-order valence-electron chi connectivity index (χ2n) is 23.5. The van der Waals surface area contributed by atoms with Gasteiger partial charge in [-0.3, -0.25) is 14.4 Å². The van der Waals surface area contributed by atoms with Gasteiger partial charge in [0.25, 0.3) is 0 Å². The molecule has 0 aliphatic rings. The summed E-state index contributed by atoms with van der Waals surface area (Å²) < 4.78 is 16.9. The van der Waals surface area contributed by atoms with Crippen molar-refractivity contribution in [1.82, 2.24) is 0 Å². The molecule has 0 heterocycles. The monoisotopic (exact) mass is 1060 g/mol. The van der Waals surface area contributed by atoms with Crippen LogP contribution < -0.4 is 0 Å². The van der Waals surface area contributed by atoms with Crippen molar-refractivity contribution in [3.8, 4) is 0 Å². The van der Waals surface area contributed by atoms with Gasteiger partial charge in [0.1, 0.15) is 13.2 Å². The van der Waals surface area contributed by atoms with E-state index in [2.05, 4.69) is 32.9 Å². The van der Waals surface area contributed by atoms with E-state index in [0.29, 0.717) is 19.3 Å². The van der Waals surface area contributed by atoms with Crippen LogP contribution >= 0.6 is 0 Å². The summed E-state index contributed by atoms with van der Waals surface area (Å²) in [5, 5.41) is 0. The van der Waals surface area contributed by atoms with Crippen LogP contribution in [0.5, 0.6) is 0 Å². The first-order valence-electron chi connectivity index (χ1n) is 34.2. The molecule has 1 unspecified atom stereocenters. The summed E-state index contributed by atoms with van der Waals surface area (Å²) >= 11 is 0. The van der Waals surface area contributed by atoms with Crippen molar-refractivity contribution in [2.24, 2.45) is 0 Å². The summed E-state index contributed by atoms with van der Waals surface area (Å²) in [6, 6.07) is 0. The first-order chi connectivity index (χ1) is 37.0. The number of hydrogen-bond donors (Lipinski definition) is 0. The minimum absolute atomic E-state index is 0.0661. The number of unbranched alkanes of at least 4 members (excludes halogenated alkanes) is 51. The minimum Gasteiger partial charge on any atom is -0.462 e. The molecule has 0 spiro atoms. The predicted molar refractivity (Wildman–Crippen MR) is 326 cm³/mol. The lowest BCUT2D eigenvalue weighted by Gasteiger charge is -2.18. The topological polar surface area (TPSA) is 78.9 Å². The van der Waals surface area contributed by atoms with Crippen LogP contribution in [0.1, 0.15) is 393 Å². The SMILES string of the molecule is CCC/C=C\CCCCCCCC(=O)OCC(COC(=O)CCCCCCCCCCCCCCCCCCCCCCCCCCC)OC(=O)CCCCCCCCCCCCCCCCCCCCCCCC. The molecule has 0 amide bonds. The Balaban J connectivity index is 4.13. The Kier molecular flexibility index (Phi) is 63.1. The van der Waals surface area contributed by atoms with Crippen molar-refractivity contribution in [3.05, 3.63) is 12.2 Å². The molecular weight excluding hydrogens is 925 g/mol. The van der Waals surface area contributed by atoms with Gasteiger partial charge in [-0.1, -0.05) is 348 Å². The van der Waals surface area contributed by atoms with Gasteiger partial charge in [-0.15, -0.1) is 0 Å². The number of hydrogen-bond acceptors (Lipinski definition) is 6. The van der Waals surface area contributed by atoms with Crippen molar-refractivity contribution in [2.45, 2.75) is 399 Å². The summed E-state index contributed by atoms with van der Waals surface area (Å²) in [6.45, 7) is 6.66. The van der Waals surface area contributed by atoms with Gasteiger partial charge in [-0.25, -0.2) is 0 Å². The van der Waals surface area contributed by atoms with E-state index in [0.717, 1.165) is 70.6 Å². The number of rotatable bonds is 64. The van der Waals surface area contributed by atoms with Crippen molar-refractivity contribution < 1.29 is 28.6 Å². The van der Waals surface area contributed by atoms with Gasteiger partial charge in [0.15, 0.2) is 6.10 Å². The maximum Gasteiger partial charge on any atom is 0.306 e. The standard InChI is InChI=1S/C69H132O6/c1-4-7-10-13-16-19-22-24-26-28-30-32-34-35-36-38-39-41-43-45-47-50-53-56-59-62-68(71)74-65-66(64-73-67(70)61-58-55-52-49-21-18-15-12-9-6-3)75-69(72)63-60-57-54-51-48-46-44-42-40-37-33-31-29-27-25-23-20-17-14-11-8-5-2/h12,15,66H,4-11,13-14,16-65H2,1-3H3/b15-12-. The number of carbonyl (C=O) groups is 3. The van der Waals surface area contributed by atoms with E-state index in [1.165, 1.54) is 283 Å². The second kappa shape index (κ2) is 64.7. The van der Waals surface area contributed by atoms with Crippen LogP contribution in [0.25, 0.3) is 0 Å². The highest BCUT2D eigenvalue weighted by Crippen LogP contribution is 2.19. The van der Waals surface area contributed by atoms with E-state index in [1.54, 1.807) is 0 Å². The molecule has 0 saturated heterocycles. The number of carbonyl (C=O) groups excluding carboxylic acids is 3. The lowest BCUT2D eigenvalue weighted by molar-refractivity contribution is -0.167. The smallest absolute Gasteiger partial charge is 0.306 e. The van der Waals surface area contributed by atoms with Crippen LogP contribution in [0, 0.1) is 0 Å². The molecule has 0 aromatic carbocycles. The van der Waals surface area contributed by atoms with Crippen LogP contribution in [0.3, 0.4) is 0 Å². The van der Waals surface area contributed by atoms with E-state index in [4.69, 9.17) is 14.2 Å². The second-order valence-corrected chi connectivity index (χ2v) is 23.5. The minimum atomic E-state index is -0.769. The molecule has 444 valence electrons. The summed E-state index contributed by atoms with van der Waals surface area (Å²) in [6.07, 6.45) is 76.8. The highest BCUT2D eigenvalue weighted by atomic mass is 16.6. The Morgan fingerprint density at radius 3 is 0.720 bits per heavy atom. The number of allylic oxidation sites excluding steroid dienone is 2. The summed E-state index contributed by atoms with van der Waals surface area (Å²) in [5.74, 6) is -0.846. The third-order valence-corrected chi connectivity index (χ3v) is 15.8. The molecule has 0 saturated carbocycles. The van der Waals surface area contributed by atoms with Crippen LogP contribution in [0.4, 0.5) is 0 Å². The Labute approximate surface area is 469 Å². The zero-order valence-electron chi connectivity index (χ0n) is 51.1. The zero-order valence-corrected chi connectivity index (χ0v) is 51.1. The van der Waals surface area contributed by atoms with Crippen LogP contribution in [-0.2, 0) is 28.6 Å². The Hall–Kier alpha value is -1.85. The first kappa shape index (κ1) is 73.2. The lowest BCUT2D eigenvalue weighted by Crippen LogP contribution is -2.30. The van der Waals surface area contributed by atoms with E-state index < -0.39 is 6.10 Å². The highest BCUT2D eigenvalue weighted by Gasteiger charge is 2.19. The normalized spacial score (nSPS) is 12.0. The first-order valence-corrected chi connectivity index (χ1v) is 34.2. The molecule has 0 fully saturated rings. The van der Waals surface area contributed by atoms with E-state index in [1.807, 2.05) is 0 Å². The fourth-order valence-corrected chi connectivity index (χ4v) is 10.6. The van der Waals surface area contributed by atoms with Crippen LogP contribution in [-0.4, -0.2) is 37.2 Å². The molecule has 1 atom stereocenters. The molecule has 75 heavy (non-hydrogen) atoms. The quantitative estimate of drug-likeness (QED) is 0.0261. The summed E-state index contributed by atoms with van der Waals surface area (Å²) in [7, 11) is 0. The molecule has 0 aromatic rings. The van der Waals surface area contributed by atoms with Gasteiger partial charge >= 0.3 is 17.9 Å². The largest absolute Gasteiger partial charge is 0.462 e. The van der Waals surface area contributed by atoms with Crippen molar-refractivity contribution in [1.29, 1.82) is 0 Å². The molecule has 0 bridgehead atoms. The van der Waals surface area contributed by atoms with Gasteiger partial charge in [-0.05, 0) is 38.5 Å². The summed E-state index contributed by atoms with van der Waals surface area (Å²) in [5.41, 5.74) is 0. The molecule has 0 aliphatic carbocycles. The van der Waals surface area contributed by atoms with Crippen LogP contribution in [0.15, 0.2) is 12.2 Å². The molecule has 0 radical (unpaired) electrons. The average molecular weight is 1060 g/mol. The predicted octanol–water partition coefficient (Wildman–Crippen LogP) is 23.2. The third-order valence-electron chi connectivity index (χ3n) is 15.8. The van der Waals surface area contributed by atoms with Gasteiger partial charge in [0, 0.05) is 19.3 Å². The third kappa shape index (κ3) is 62.9. The Morgan fingerprint density at radius 2 is 0.467 bits per heavy atom. The lowest BCUT2D eigenvalue weighted by atomic mass is 10.0. The molecule has 0 rings (SSSR count). The molecule has 6 nitrogen and oxygen atoms in total. The summed E-state index contributed by atoms with van der Waals surface area (Å²) in [4.78, 5) is 38.3. The van der Waals surface area contributed by atoms with Gasteiger partial charge in [0.05, 0.1) is 0 Å². The molecule has 0 N–H and O–H groups in total. The van der Waals surface area contributed by atoms with Crippen molar-refractivity contribution >= 4 is 17.9 Å². The molecule has 0 aromatic heterocycles. The molecular formula is C69H132O6. The number of esters is 3. The number of ether oxygens (including phenoxy) is 3. The highest BCUT2D eigenvalue weighted by molar-refractivity contribution is 5.71. The Bertz CT molecular complexity index is 1170. The van der Waals surface area contributed by atoms with Gasteiger partial charge < -0.3 is 14.2 Å².